The molecule has 0 aliphatic carbocycles. The number of halogens is 5. The van der Waals surface area contributed by atoms with Gasteiger partial charge in [-0.15, -0.1) is 11.8 Å². The molecule has 2 heterocycles. The van der Waals surface area contributed by atoms with E-state index in [-0.39, 0.29) is 38.9 Å². The van der Waals surface area contributed by atoms with Crippen LogP contribution in [0, 0.1) is 18.6 Å². The van der Waals surface area contributed by atoms with E-state index in [1.807, 2.05) is 0 Å². The van der Waals surface area contributed by atoms with Crippen LogP contribution in [0.5, 0.6) is 0 Å². The first kappa shape index (κ1) is 19.2. The fourth-order valence-electron chi connectivity index (χ4n) is 4.99. The number of fused-ring (bicyclic) bond motifs is 1. The molecule has 0 spiro atoms. The second kappa shape index (κ2) is 16.7. The van der Waals surface area contributed by atoms with Gasteiger partial charge in [0.25, 0.3) is 0 Å². The standard InChI is InChI=1S/C41H40F5N3O3S/c1-27-6-15-34-36(22-27)49(39(23-37(34)50)53-26-31-4-3-5-35(42)40(31)43)25-38(51)48(33-16-18-47(19-17-33)20-21-52-2)24-28-7-9-29(10-8-28)30-11-13-32(14-12-30)41(44,45)46/h3-15,22-23,33H,16-21,24-26H2,1-2H3/i2D3,6D,15D,16D2,17D2,18D2,19D2,20D2,21D2,22D,23D,26D2,33D. The number of hydrogen-bond acceptors (Lipinski definition) is 5. The number of amides is 1. The minimum Gasteiger partial charge on any atom is -0.383 e. The van der Waals surface area contributed by atoms with Crippen molar-refractivity contribution in [1.29, 1.82) is 0 Å². The van der Waals surface area contributed by atoms with Gasteiger partial charge >= 0.3 is 6.18 Å². The highest BCUT2D eigenvalue weighted by Crippen LogP contribution is 2.32. The lowest BCUT2D eigenvalue weighted by Crippen LogP contribution is -2.48. The number of alkyl halides is 3. The van der Waals surface area contributed by atoms with E-state index in [0.29, 0.717) is 10.6 Å². The number of ether oxygens (including phenoxy) is 1. The topological polar surface area (TPSA) is 54.8 Å². The van der Waals surface area contributed by atoms with Crippen molar-refractivity contribution in [2.75, 3.05) is 33.1 Å². The molecule has 278 valence electrons. The molecule has 6 nitrogen and oxygen atoms in total. The summed E-state index contributed by atoms with van der Waals surface area (Å²) in [6.07, 6.45) is -13.9. The number of thioether (sulfide) groups is 1. The van der Waals surface area contributed by atoms with E-state index >= 15 is 9.18 Å². The normalized spacial score (nSPS) is 25.7. The third-order valence-corrected chi connectivity index (χ3v) is 8.41. The summed E-state index contributed by atoms with van der Waals surface area (Å²) < 4.78 is 266. The first-order valence-corrected chi connectivity index (χ1v) is 16.0. The van der Waals surface area contributed by atoms with E-state index in [1.165, 1.54) is 12.1 Å². The van der Waals surface area contributed by atoms with E-state index in [0.717, 1.165) is 55.5 Å². The Labute approximate surface area is 340 Å². The van der Waals surface area contributed by atoms with Crippen LogP contribution in [-0.2, 0) is 34.5 Å². The quantitative estimate of drug-likeness (QED) is 0.0939. The summed E-state index contributed by atoms with van der Waals surface area (Å²) in [6, 6.07) is 2.28. The molecule has 1 fully saturated rings. The van der Waals surface area contributed by atoms with Crippen molar-refractivity contribution in [3.8, 4) is 11.1 Å². The zero-order valence-electron chi connectivity index (χ0n) is 49.1. The zero-order chi connectivity index (χ0) is 57.2. The number of methoxy groups -OCH3 is 1. The lowest BCUT2D eigenvalue weighted by molar-refractivity contribution is -0.137. The number of rotatable bonds is 12. The summed E-state index contributed by atoms with van der Waals surface area (Å²) in [7, 11) is -3.86. The van der Waals surface area contributed by atoms with Gasteiger partial charge in [-0.1, -0.05) is 54.6 Å². The number of carbonyl (C=O) groups is 1. The van der Waals surface area contributed by atoms with Crippen LogP contribution in [0.4, 0.5) is 22.0 Å². The first-order valence-electron chi connectivity index (χ1n) is 26.2. The molecule has 4 aromatic carbocycles. The average molecular weight is 772 g/mol. The summed E-state index contributed by atoms with van der Waals surface area (Å²) in [5, 5.41) is -1.97. The van der Waals surface area contributed by atoms with Gasteiger partial charge < -0.3 is 19.1 Å². The van der Waals surface area contributed by atoms with Gasteiger partial charge in [0.1, 0.15) is 6.54 Å². The average Bonchev–Trinajstić information content (AvgIpc) is 3.27. The molecule has 53 heavy (non-hydrogen) atoms. The maximum absolute atomic E-state index is 15.5. The first-order chi connectivity index (χ1) is 33.9. The molecule has 1 saturated heterocycles. The van der Waals surface area contributed by atoms with E-state index in [2.05, 4.69) is 4.74 Å². The summed E-state index contributed by atoms with van der Waals surface area (Å²) in [5.41, 5.74) is -7.93. The van der Waals surface area contributed by atoms with Gasteiger partial charge in [0, 0.05) is 78.2 Å². The lowest BCUT2D eigenvalue weighted by Gasteiger charge is -2.39. The van der Waals surface area contributed by atoms with Crippen LogP contribution in [0.2, 0.25) is 0 Å². The summed E-state index contributed by atoms with van der Waals surface area (Å²) >= 11 is -0.242. The molecular formula is C41H40F5N3O3S. The van der Waals surface area contributed by atoms with Crippen LogP contribution < -0.4 is 5.43 Å². The van der Waals surface area contributed by atoms with Crippen molar-refractivity contribution >= 4 is 28.6 Å². The molecule has 6 rings (SSSR count). The summed E-state index contributed by atoms with van der Waals surface area (Å²) in [4.78, 5) is 28.3. The van der Waals surface area contributed by atoms with Crippen LogP contribution in [0.15, 0.2) is 101 Å². The molecular weight excluding hydrogens is 710 g/mol. The molecule has 0 bridgehead atoms. The van der Waals surface area contributed by atoms with Gasteiger partial charge in [0.05, 0.1) is 36.4 Å². The van der Waals surface area contributed by atoms with Crippen LogP contribution in [0.25, 0.3) is 22.0 Å². The predicted octanol–water partition coefficient (Wildman–Crippen LogP) is 8.71. The molecule has 0 saturated carbocycles. The molecule has 1 aliphatic rings. The van der Waals surface area contributed by atoms with Crippen molar-refractivity contribution < 1.29 is 61.6 Å². The molecule has 12 heteroatoms. The molecule has 0 N–H and O–H groups in total. The second-order valence-electron chi connectivity index (χ2n) is 11.1. The highest BCUT2D eigenvalue weighted by molar-refractivity contribution is 7.98. The Balaban J connectivity index is 1.65. The van der Waals surface area contributed by atoms with Crippen LogP contribution in [0.1, 0.15) is 65.2 Å². The molecule has 1 amide bonds. The van der Waals surface area contributed by atoms with Crippen LogP contribution >= 0.6 is 11.8 Å². The Morgan fingerprint density at radius 2 is 1.75 bits per heavy atom. The molecule has 1 aliphatic heterocycles. The number of carbonyl (C=O) groups excluding carboxylic acids is 1. The molecule has 5 aromatic rings. The van der Waals surface area contributed by atoms with Crippen LogP contribution in [0.3, 0.4) is 0 Å². The predicted molar refractivity (Wildman–Crippen MR) is 198 cm³/mol. The summed E-state index contributed by atoms with van der Waals surface area (Å²) in [5.74, 6) is -5.19. The van der Waals surface area contributed by atoms with E-state index in [9.17, 15) is 29.2 Å². The third-order valence-electron chi connectivity index (χ3n) is 7.57. The number of hydrogen-bond donors (Lipinski definition) is 0. The van der Waals surface area contributed by atoms with Gasteiger partial charge in [-0.3, -0.25) is 9.59 Å². The minimum atomic E-state index is -4.72. The number of benzene rings is 4. The SMILES string of the molecule is [2H]c1c(C)c([2H])c2c(c1[2H])c(=O)c([2H])c(SC([2H])([2H])c1cccc(F)c1F)n2CC(=O)N(Cc1ccc(-c2ccc(C(F)(F)F)cc2)cc1)C1([2H])C([2H])([2H])C([2H])([2H])N(C([2H])([2H])C([2H])([2H])OC([2H])([2H])[2H])C([2H])([2H])C1([2H])[2H]. The molecule has 1 aromatic heterocycles. The molecule has 0 atom stereocenters. The second-order valence-corrected chi connectivity index (χ2v) is 11.9. The van der Waals surface area contributed by atoms with Crippen molar-refractivity contribution in [2.24, 2.45) is 0 Å². The highest BCUT2D eigenvalue weighted by atomic mass is 32.2. The summed E-state index contributed by atoms with van der Waals surface area (Å²) in [6.45, 7) is -19.9. The Kier molecular flexibility index (Phi) is 6.03. The van der Waals surface area contributed by atoms with E-state index in [1.54, 1.807) is 0 Å². The van der Waals surface area contributed by atoms with Crippen LogP contribution in [-0.4, -0.2) is 59.4 Å². The Morgan fingerprint density at radius 3 is 2.43 bits per heavy atom. The van der Waals surface area contributed by atoms with Crippen molar-refractivity contribution in [2.45, 2.75) is 55.7 Å². The number of pyridine rings is 1. The zero-order valence-corrected chi connectivity index (χ0v) is 27.9. The number of likely N-dealkylation sites (tertiary alicyclic amines) is 1. The van der Waals surface area contributed by atoms with Crippen molar-refractivity contribution in [3.63, 3.8) is 0 Å². The van der Waals surface area contributed by atoms with Crippen molar-refractivity contribution in [3.05, 3.63) is 135 Å². The van der Waals surface area contributed by atoms with Gasteiger partial charge in [-0.25, -0.2) is 8.78 Å². The molecule has 0 radical (unpaired) electrons. The van der Waals surface area contributed by atoms with Gasteiger partial charge in [0.2, 0.25) is 5.91 Å². The lowest BCUT2D eigenvalue weighted by atomic mass is 10.00. The van der Waals surface area contributed by atoms with Crippen molar-refractivity contribution in [1.82, 2.24) is 14.4 Å². The van der Waals surface area contributed by atoms with E-state index in [4.69, 9.17) is 23.3 Å². The molecule has 0 unspecified atom stereocenters. The van der Waals surface area contributed by atoms with Gasteiger partial charge in [0.15, 0.2) is 17.1 Å². The Hall–Kier alpha value is -4.52. The van der Waals surface area contributed by atoms with E-state index < -0.39 is 156 Å². The van der Waals surface area contributed by atoms with Gasteiger partial charge in [-0.2, -0.15) is 13.2 Å². The maximum Gasteiger partial charge on any atom is 0.416 e. The number of nitrogens with zero attached hydrogens (tertiary/aromatic N) is 3. The highest BCUT2D eigenvalue weighted by Gasteiger charge is 2.31. The Morgan fingerprint density at radius 1 is 1.06 bits per heavy atom. The number of piperidine rings is 1. The monoisotopic (exact) mass is 771 g/mol. The fraction of sp³-hybridized carbons (Fsp3) is 0.317. The minimum absolute atomic E-state index is 0.129. The maximum atomic E-state index is 15.5. The number of aromatic nitrogens is 1. The smallest absolute Gasteiger partial charge is 0.383 e. The largest absolute Gasteiger partial charge is 0.416 e. The third kappa shape index (κ3) is 9.17. The Bertz CT molecular complexity index is 3110. The van der Waals surface area contributed by atoms with Gasteiger partial charge in [-0.05, 0) is 72.2 Å². The fourth-order valence-corrected chi connectivity index (χ4v) is 5.76.